The van der Waals surface area contributed by atoms with Crippen molar-refractivity contribution >= 4 is 44.8 Å². The SMILES string of the molecule is C[C@](Cl)(COc1ncccc1C(N)=O)N(c1ccc(Cl)cc1F)S(=O)(=O)C(F)(F)F. The number of ether oxygens (including phenoxy) is 1. The van der Waals surface area contributed by atoms with Gasteiger partial charge in [0.1, 0.15) is 18.0 Å². The van der Waals surface area contributed by atoms with Crippen molar-refractivity contribution in [3.8, 4) is 5.88 Å². The Morgan fingerprint density at radius 1 is 1.30 bits per heavy atom. The van der Waals surface area contributed by atoms with E-state index in [0.717, 1.165) is 19.1 Å². The maximum absolute atomic E-state index is 14.4. The lowest BCUT2D eigenvalue weighted by molar-refractivity contribution is -0.0442. The molecule has 2 N–H and O–H groups in total. The van der Waals surface area contributed by atoms with Crippen LogP contribution in [0.2, 0.25) is 5.02 Å². The van der Waals surface area contributed by atoms with Gasteiger partial charge in [0.25, 0.3) is 5.91 Å². The summed E-state index contributed by atoms with van der Waals surface area (Å²) in [6.45, 7) is -0.123. The number of benzene rings is 1. The highest BCUT2D eigenvalue weighted by atomic mass is 35.5. The molecule has 2 rings (SSSR count). The van der Waals surface area contributed by atoms with E-state index in [2.05, 4.69) is 4.98 Å². The molecule has 0 saturated heterocycles. The van der Waals surface area contributed by atoms with Gasteiger partial charge in [0, 0.05) is 11.2 Å². The number of sulfonamides is 1. The predicted molar refractivity (Wildman–Crippen MR) is 101 cm³/mol. The third-order valence-corrected chi connectivity index (χ3v) is 5.87. The maximum Gasteiger partial charge on any atom is 0.516 e. The number of nitrogens with zero attached hydrogens (tertiary/aromatic N) is 2. The lowest BCUT2D eigenvalue weighted by Crippen LogP contribution is -2.54. The number of hydrogen-bond acceptors (Lipinski definition) is 5. The van der Waals surface area contributed by atoms with Crippen LogP contribution in [0.25, 0.3) is 0 Å². The van der Waals surface area contributed by atoms with Crippen molar-refractivity contribution in [2.75, 3.05) is 10.9 Å². The summed E-state index contributed by atoms with van der Waals surface area (Å²) in [6.07, 6.45) is 1.19. The number of carbonyl (C=O) groups is 1. The molecule has 0 saturated carbocycles. The first kappa shape index (κ1) is 24.0. The molecule has 0 aliphatic carbocycles. The quantitative estimate of drug-likeness (QED) is 0.363. The van der Waals surface area contributed by atoms with Crippen LogP contribution in [0.5, 0.6) is 5.88 Å². The number of amides is 1. The number of alkyl halides is 4. The minimum atomic E-state index is -6.19. The molecule has 0 spiro atoms. The number of halogens is 6. The molecule has 0 aliphatic rings. The fourth-order valence-electron chi connectivity index (χ4n) is 2.33. The molecular formula is C16H13Cl2F4N3O4S. The zero-order valence-corrected chi connectivity index (χ0v) is 17.3. The van der Waals surface area contributed by atoms with Gasteiger partial charge in [-0.1, -0.05) is 23.2 Å². The lowest BCUT2D eigenvalue weighted by Gasteiger charge is -2.37. The van der Waals surface area contributed by atoms with Crippen LogP contribution in [-0.4, -0.2) is 36.4 Å². The smallest absolute Gasteiger partial charge is 0.473 e. The second-order valence-corrected chi connectivity index (χ2v) is 8.99. The molecule has 0 fully saturated rings. The van der Waals surface area contributed by atoms with Gasteiger partial charge in [-0.2, -0.15) is 21.6 Å². The number of anilines is 1. The summed E-state index contributed by atoms with van der Waals surface area (Å²) in [5.41, 5.74) is -1.91. The zero-order valence-electron chi connectivity index (χ0n) is 15.0. The van der Waals surface area contributed by atoms with Crippen molar-refractivity contribution in [3.05, 3.63) is 52.9 Å². The Morgan fingerprint density at radius 3 is 2.47 bits per heavy atom. The predicted octanol–water partition coefficient (Wildman–Crippen LogP) is 3.66. The Kier molecular flexibility index (Phi) is 6.74. The van der Waals surface area contributed by atoms with E-state index >= 15 is 0 Å². The van der Waals surface area contributed by atoms with Gasteiger partial charge < -0.3 is 10.5 Å². The minimum absolute atomic E-state index is 0.187. The van der Waals surface area contributed by atoms with Crippen LogP contribution in [0.4, 0.5) is 23.2 Å². The van der Waals surface area contributed by atoms with Crippen LogP contribution < -0.4 is 14.8 Å². The summed E-state index contributed by atoms with van der Waals surface area (Å²) >= 11 is 11.7. The van der Waals surface area contributed by atoms with Gasteiger partial charge in [-0.15, -0.1) is 0 Å². The van der Waals surface area contributed by atoms with E-state index in [0.29, 0.717) is 6.07 Å². The molecule has 1 atom stereocenters. The Balaban J connectivity index is 2.54. The Labute approximate surface area is 178 Å². The molecule has 2 aromatic rings. The summed E-state index contributed by atoms with van der Waals surface area (Å²) in [7, 11) is -6.19. The highest BCUT2D eigenvalue weighted by Gasteiger charge is 2.56. The van der Waals surface area contributed by atoms with E-state index in [9.17, 15) is 30.8 Å². The van der Waals surface area contributed by atoms with Gasteiger partial charge in [-0.3, -0.25) is 4.79 Å². The first-order valence-corrected chi connectivity index (χ1v) is 10.0. The van der Waals surface area contributed by atoms with Crippen molar-refractivity contribution in [3.63, 3.8) is 0 Å². The van der Waals surface area contributed by atoms with Gasteiger partial charge in [-0.05, 0) is 37.3 Å². The summed E-state index contributed by atoms with van der Waals surface area (Å²) in [6, 6.07) is 4.89. The Morgan fingerprint density at radius 2 is 1.93 bits per heavy atom. The number of pyridine rings is 1. The largest absolute Gasteiger partial charge is 0.516 e. The molecule has 1 heterocycles. The van der Waals surface area contributed by atoms with Crippen LogP contribution in [0.1, 0.15) is 17.3 Å². The fourth-order valence-corrected chi connectivity index (χ4v) is 4.08. The average molecular weight is 490 g/mol. The van der Waals surface area contributed by atoms with E-state index in [1.165, 1.54) is 18.3 Å². The maximum atomic E-state index is 14.4. The van der Waals surface area contributed by atoms with Crippen molar-refractivity contribution in [2.45, 2.75) is 17.4 Å². The van der Waals surface area contributed by atoms with E-state index in [4.69, 9.17) is 33.7 Å². The van der Waals surface area contributed by atoms with Gasteiger partial charge >= 0.3 is 15.5 Å². The minimum Gasteiger partial charge on any atom is -0.473 e. The highest BCUT2D eigenvalue weighted by molar-refractivity contribution is 7.93. The summed E-state index contributed by atoms with van der Waals surface area (Å²) < 4.78 is 83.4. The van der Waals surface area contributed by atoms with Gasteiger partial charge in [0.05, 0.1) is 5.69 Å². The summed E-state index contributed by atoms with van der Waals surface area (Å²) in [4.78, 5) is 12.6. The summed E-state index contributed by atoms with van der Waals surface area (Å²) in [5, 5.41) is -0.187. The molecule has 14 heteroatoms. The number of nitrogens with two attached hydrogens (primary N) is 1. The number of hydrogen-bond donors (Lipinski definition) is 1. The number of rotatable bonds is 7. The van der Waals surface area contributed by atoms with Gasteiger partial charge in [0.15, 0.2) is 5.00 Å². The first-order chi connectivity index (χ1) is 13.7. The molecule has 0 aliphatic heterocycles. The highest BCUT2D eigenvalue weighted by Crippen LogP contribution is 2.40. The lowest BCUT2D eigenvalue weighted by atomic mass is 10.2. The third kappa shape index (κ3) is 4.87. The fraction of sp³-hybridized carbons (Fsp3) is 0.250. The first-order valence-electron chi connectivity index (χ1n) is 7.82. The van der Waals surface area contributed by atoms with Crippen molar-refractivity contribution in [1.29, 1.82) is 0 Å². The van der Waals surface area contributed by atoms with Crippen molar-refractivity contribution in [1.82, 2.24) is 4.98 Å². The van der Waals surface area contributed by atoms with Crippen LogP contribution in [0, 0.1) is 5.82 Å². The van der Waals surface area contributed by atoms with Gasteiger partial charge in [0.2, 0.25) is 5.88 Å². The molecule has 1 amide bonds. The number of aromatic nitrogens is 1. The van der Waals surface area contributed by atoms with E-state index in [-0.39, 0.29) is 14.9 Å². The molecule has 1 aromatic carbocycles. The molecule has 30 heavy (non-hydrogen) atoms. The van der Waals surface area contributed by atoms with E-state index in [1.54, 1.807) is 0 Å². The van der Waals surface area contributed by atoms with Crippen LogP contribution >= 0.6 is 23.2 Å². The van der Waals surface area contributed by atoms with E-state index in [1.807, 2.05) is 0 Å². The van der Waals surface area contributed by atoms with Crippen molar-refractivity contribution < 1.29 is 35.5 Å². The molecule has 0 bridgehead atoms. The number of carbonyl (C=O) groups excluding carboxylic acids is 1. The van der Waals surface area contributed by atoms with Gasteiger partial charge in [-0.25, -0.2) is 13.7 Å². The Bertz CT molecular complexity index is 1060. The average Bonchev–Trinajstić information content (AvgIpc) is 2.61. The molecule has 7 nitrogen and oxygen atoms in total. The number of primary amides is 1. The normalized spacial score (nSPS) is 14.1. The van der Waals surface area contributed by atoms with E-state index < -0.39 is 50.4 Å². The molecule has 0 unspecified atom stereocenters. The van der Waals surface area contributed by atoms with Crippen molar-refractivity contribution in [2.24, 2.45) is 5.73 Å². The monoisotopic (exact) mass is 489 g/mol. The van der Waals surface area contributed by atoms with Crippen LogP contribution in [-0.2, 0) is 10.0 Å². The second kappa shape index (κ2) is 8.44. The molecular weight excluding hydrogens is 477 g/mol. The molecule has 1 aromatic heterocycles. The van der Waals surface area contributed by atoms with Crippen LogP contribution in [0.15, 0.2) is 36.5 Å². The molecule has 0 radical (unpaired) electrons. The molecule has 164 valence electrons. The second-order valence-electron chi connectivity index (χ2n) is 5.96. The Hall–Kier alpha value is -2.31. The van der Waals surface area contributed by atoms with Crippen LogP contribution in [0.3, 0.4) is 0 Å². The summed E-state index contributed by atoms with van der Waals surface area (Å²) in [5.74, 6) is -2.74. The third-order valence-electron chi connectivity index (χ3n) is 3.59. The standard InChI is InChI=1S/C16H13Cl2F4N3O4S/c1-15(18,8-29-14-10(13(23)26)3-2-6-24-14)25(30(27,28)16(20,21)22)12-5-4-9(17)7-11(12)19/h2-7H,8H2,1H3,(H2,23,26)/t15-/m1/s1. The zero-order chi connectivity index (χ0) is 22.9. The topological polar surface area (TPSA) is 103 Å².